The fourth-order valence-corrected chi connectivity index (χ4v) is 2.04. The highest BCUT2D eigenvalue weighted by Crippen LogP contribution is 2.29. The van der Waals surface area contributed by atoms with Crippen LogP contribution in [-0.2, 0) is 0 Å². The Balaban J connectivity index is 2.34. The summed E-state index contributed by atoms with van der Waals surface area (Å²) in [5.41, 5.74) is 0.713. The van der Waals surface area contributed by atoms with Crippen molar-refractivity contribution in [2.75, 3.05) is 5.32 Å². The number of nitrogens with one attached hydrogen (secondary N) is 1. The molecular weight excluding hydrogens is 294 g/mol. The second-order valence-electron chi connectivity index (χ2n) is 4.40. The molecule has 21 heavy (non-hydrogen) atoms. The van der Waals surface area contributed by atoms with Gasteiger partial charge in [-0.05, 0) is 30.7 Å². The third-order valence-electron chi connectivity index (χ3n) is 2.95. The number of amides is 1. The van der Waals surface area contributed by atoms with Gasteiger partial charge in [0.2, 0.25) is 0 Å². The van der Waals surface area contributed by atoms with Gasteiger partial charge in [0.05, 0.1) is 16.3 Å². The first-order valence-electron chi connectivity index (χ1n) is 6.03. The minimum atomic E-state index is -1.28. The van der Waals surface area contributed by atoms with Crippen molar-refractivity contribution < 1.29 is 19.8 Å². The molecule has 0 bridgehead atoms. The van der Waals surface area contributed by atoms with E-state index in [0.29, 0.717) is 5.02 Å². The number of phenols is 1. The van der Waals surface area contributed by atoms with Crippen LogP contribution in [0.5, 0.6) is 5.75 Å². The molecule has 0 aliphatic heterocycles. The maximum atomic E-state index is 12.2. The third-order valence-corrected chi connectivity index (χ3v) is 3.45. The zero-order valence-electron chi connectivity index (χ0n) is 11.1. The molecule has 0 aliphatic carbocycles. The van der Waals surface area contributed by atoms with Gasteiger partial charge in [-0.25, -0.2) is 4.79 Å². The number of halogens is 1. The van der Waals surface area contributed by atoms with Crippen LogP contribution in [0, 0.1) is 6.92 Å². The van der Waals surface area contributed by atoms with Gasteiger partial charge >= 0.3 is 5.97 Å². The van der Waals surface area contributed by atoms with Crippen LogP contribution in [0.3, 0.4) is 0 Å². The number of hydrogen-bond donors (Lipinski definition) is 3. The smallest absolute Gasteiger partial charge is 0.339 e. The van der Waals surface area contributed by atoms with E-state index in [1.54, 1.807) is 25.1 Å². The number of hydrogen-bond acceptors (Lipinski definition) is 3. The summed E-state index contributed by atoms with van der Waals surface area (Å²) in [5.74, 6) is -2.30. The Kier molecular flexibility index (Phi) is 4.14. The molecule has 0 saturated heterocycles. The van der Waals surface area contributed by atoms with E-state index in [9.17, 15) is 14.7 Å². The molecule has 3 N–H and O–H groups in total. The molecule has 0 atom stereocenters. The molecule has 2 rings (SSSR count). The predicted octanol–water partition coefficient (Wildman–Crippen LogP) is 3.30. The molecule has 2 aromatic carbocycles. The molecule has 0 spiro atoms. The zero-order valence-corrected chi connectivity index (χ0v) is 11.8. The third kappa shape index (κ3) is 2.98. The molecule has 1 amide bonds. The zero-order chi connectivity index (χ0) is 15.6. The number of carbonyl (C=O) groups excluding carboxylic acids is 1. The highest BCUT2D eigenvalue weighted by atomic mass is 35.5. The van der Waals surface area contributed by atoms with Crippen molar-refractivity contribution in [3.63, 3.8) is 0 Å². The van der Waals surface area contributed by atoms with Gasteiger partial charge in [-0.15, -0.1) is 0 Å². The molecule has 108 valence electrons. The van der Waals surface area contributed by atoms with Crippen LogP contribution in [0.15, 0.2) is 36.4 Å². The van der Waals surface area contributed by atoms with E-state index in [-0.39, 0.29) is 16.8 Å². The van der Waals surface area contributed by atoms with E-state index in [1.165, 1.54) is 18.2 Å². The number of aryl methyl sites for hydroxylation is 1. The highest BCUT2D eigenvalue weighted by molar-refractivity contribution is 6.35. The molecule has 2 aromatic rings. The average molecular weight is 306 g/mol. The van der Waals surface area contributed by atoms with Gasteiger partial charge in [0.25, 0.3) is 5.91 Å². The summed E-state index contributed by atoms with van der Waals surface area (Å²) in [4.78, 5) is 23.1. The fourth-order valence-electron chi connectivity index (χ4n) is 1.83. The molecule has 0 aliphatic rings. The number of carboxylic acid groups (broad SMARTS) is 1. The van der Waals surface area contributed by atoms with Crippen molar-refractivity contribution in [1.82, 2.24) is 0 Å². The van der Waals surface area contributed by atoms with Gasteiger partial charge in [0.1, 0.15) is 5.56 Å². The molecule has 0 aromatic heterocycles. The summed E-state index contributed by atoms with van der Waals surface area (Å²) in [6.07, 6.45) is 0. The van der Waals surface area contributed by atoms with Gasteiger partial charge in [-0.1, -0.05) is 29.8 Å². The summed E-state index contributed by atoms with van der Waals surface area (Å²) in [5, 5.41) is 21.5. The molecule has 0 saturated carbocycles. The van der Waals surface area contributed by atoms with Crippen LogP contribution in [0.4, 0.5) is 5.69 Å². The number of para-hydroxylation sites is 1. The number of aromatic hydroxyl groups is 1. The minimum absolute atomic E-state index is 0.0115. The number of carbonyl (C=O) groups is 2. The van der Waals surface area contributed by atoms with Crippen LogP contribution < -0.4 is 5.32 Å². The Labute approximate surface area is 125 Å². The summed E-state index contributed by atoms with van der Waals surface area (Å²) in [6.45, 7) is 1.77. The number of rotatable bonds is 3. The van der Waals surface area contributed by atoms with Crippen LogP contribution in [0.2, 0.25) is 5.02 Å². The lowest BCUT2D eigenvalue weighted by atomic mass is 10.1. The van der Waals surface area contributed by atoms with Crippen LogP contribution in [-0.4, -0.2) is 22.1 Å². The second kappa shape index (κ2) is 5.85. The van der Waals surface area contributed by atoms with Crippen molar-refractivity contribution in [2.45, 2.75) is 6.92 Å². The van der Waals surface area contributed by atoms with Crippen molar-refractivity contribution in [2.24, 2.45) is 0 Å². The van der Waals surface area contributed by atoms with Gasteiger partial charge in [0, 0.05) is 0 Å². The van der Waals surface area contributed by atoms with Crippen molar-refractivity contribution in [3.05, 3.63) is 58.1 Å². The summed E-state index contributed by atoms with van der Waals surface area (Å²) >= 11 is 6.06. The standard InChI is InChI=1S/C15H12ClNO4/c1-8-4-2-5-9(12(8)16)14(19)17-11-7-3-6-10(13(11)18)15(20)21/h2-7,18H,1H3,(H,17,19)(H,20,21). The predicted molar refractivity (Wildman–Crippen MR) is 79.2 cm³/mol. The van der Waals surface area contributed by atoms with E-state index in [2.05, 4.69) is 5.32 Å². The summed E-state index contributed by atoms with van der Waals surface area (Å²) in [7, 11) is 0. The van der Waals surface area contributed by atoms with Gasteiger partial charge < -0.3 is 15.5 Å². The van der Waals surface area contributed by atoms with Gasteiger partial charge in [-0.2, -0.15) is 0 Å². The molecule has 6 heteroatoms. The highest BCUT2D eigenvalue weighted by Gasteiger charge is 2.17. The van der Waals surface area contributed by atoms with Crippen LogP contribution >= 0.6 is 11.6 Å². The van der Waals surface area contributed by atoms with Crippen molar-refractivity contribution in [1.29, 1.82) is 0 Å². The largest absolute Gasteiger partial charge is 0.505 e. The number of benzene rings is 2. The maximum Gasteiger partial charge on any atom is 0.339 e. The Morgan fingerprint density at radius 3 is 2.38 bits per heavy atom. The molecule has 0 unspecified atom stereocenters. The first-order chi connectivity index (χ1) is 9.91. The van der Waals surface area contributed by atoms with Crippen molar-refractivity contribution >= 4 is 29.2 Å². The topological polar surface area (TPSA) is 86.6 Å². The minimum Gasteiger partial charge on any atom is -0.505 e. The number of carboxylic acids is 1. The molecular formula is C15H12ClNO4. The van der Waals surface area contributed by atoms with E-state index in [4.69, 9.17) is 16.7 Å². The lowest BCUT2D eigenvalue weighted by molar-refractivity contribution is 0.0693. The fraction of sp³-hybridized carbons (Fsp3) is 0.0667. The first kappa shape index (κ1) is 14.9. The SMILES string of the molecule is Cc1cccc(C(=O)Nc2cccc(C(=O)O)c2O)c1Cl. The normalized spacial score (nSPS) is 10.2. The summed E-state index contributed by atoms with van der Waals surface area (Å²) in [6, 6.07) is 9.07. The lowest BCUT2D eigenvalue weighted by Gasteiger charge is -2.10. The quantitative estimate of drug-likeness (QED) is 0.759. The van der Waals surface area contributed by atoms with E-state index in [0.717, 1.165) is 5.56 Å². The monoisotopic (exact) mass is 305 g/mol. The van der Waals surface area contributed by atoms with Crippen LogP contribution in [0.25, 0.3) is 0 Å². The lowest BCUT2D eigenvalue weighted by Crippen LogP contribution is -2.13. The van der Waals surface area contributed by atoms with E-state index < -0.39 is 17.6 Å². The molecule has 5 nitrogen and oxygen atoms in total. The number of aromatic carboxylic acids is 1. The Morgan fingerprint density at radius 1 is 1.10 bits per heavy atom. The van der Waals surface area contributed by atoms with Crippen molar-refractivity contribution in [3.8, 4) is 5.75 Å². The van der Waals surface area contributed by atoms with Gasteiger partial charge in [0.15, 0.2) is 5.75 Å². The van der Waals surface area contributed by atoms with Crippen LogP contribution in [0.1, 0.15) is 26.3 Å². The summed E-state index contributed by atoms with van der Waals surface area (Å²) < 4.78 is 0. The first-order valence-corrected chi connectivity index (χ1v) is 6.41. The Bertz CT molecular complexity index is 728. The average Bonchev–Trinajstić information content (AvgIpc) is 2.43. The molecule has 0 fully saturated rings. The maximum absolute atomic E-state index is 12.2. The molecule has 0 radical (unpaired) electrons. The number of anilines is 1. The Morgan fingerprint density at radius 2 is 1.71 bits per heavy atom. The molecule has 0 heterocycles. The van der Waals surface area contributed by atoms with Gasteiger partial charge in [-0.3, -0.25) is 4.79 Å². The second-order valence-corrected chi connectivity index (χ2v) is 4.78. The Hall–Kier alpha value is -2.53. The van der Waals surface area contributed by atoms with E-state index >= 15 is 0 Å². The van der Waals surface area contributed by atoms with E-state index in [1.807, 2.05) is 0 Å².